The molecule has 2 heteroatoms. The van der Waals surface area contributed by atoms with Gasteiger partial charge in [0, 0.05) is 18.6 Å². The summed E-state index contributed by atoms with van der Waals surface area (Å²) in [6.45, 7) is 3.47. The molecule has 0 atom stereocenters. The highest BCUT2D eigenvalue weighted by Crippen LogP contribution is 2.12. The zero-order chi connectivity index (χ0) is 15.7. The highest BCUT2D eigenvalue weighted by molar-refractivity contribution is 4.83. The maximum atomic E-state index is 2.29. The molecule has 0 aliphatic carbocycles. The van der Waals surface area contributed by atoms with Gasteiger partial charge in [0.15, 0.2) is 12.4 Å². The van der Waals surface area contributed by atoms with E-state index in [0.29, 0.717) is 0 Å². The van der Waals surface area contributed by atoms with E-state index in [1.54, 1.807) is 0 Å². The molecule has 0 bridgehead atoms. The van der Waals surface area contributed by atoms with Crippen LogP contribution < -0.4 is 17.0 Å². The highest BCUT2D eigenvalue weighted by Gasteiger charge is 1.98. The molecular formula is C22H39ClN. The second-order valence-electron chi connectivity index (χ2n) is 6.71. The average Bonchev–Trinajstić information content (AvgIpc) is 2.56. The molecule has 3 radical (unpaired) electrons. The molecule has 0 spiro atoms. The summed E-state index contributed by atoms with van der Waals surface area (Å²) in [4.78, 5) is 0. The van der Waals surface area contributed by atoms with Crippen molar-refractivity contribution in [3.05, 3.63) is 38.0 Å². The van der Waals surface area contributed by atoms with Gasteiger partial charge in [-0.15, -0.1) is 0 Å². The van der Waals surface area contributed by atoms with Gasteiger partial charge in [0.1, 0.15) is 6.54 Å². The van der Waals surface area contributed by atoms with Crippen LogP contribution in [-0.4, -0.2) is 0 Å². The van der Waals surface area contributed by atoms with Crippen molar-refractivity contribution in [3.8, 4) is 0 Å². The number of aromatic nitrogens is 1. The van der Waals surface area contributed by atoms with Crippen molar-refractivity contribution in [3.63, 3.8) is 0 Å². The number of halogens is 1. The normalized spacial score (nSPS) is 10.0. The van der Waals surface area contributed by atoms with Crippen molar-refractivity contribution in [2.75, 3.05) is 0 Å². The van der Waals surface area contributed by atoms with Crippen LogP contribution in [0, 0.1) is 7.43 Å². The average molecular weight is 353 g/mol. The third kappa shape index (κ3) is 16.3. The number of pyridine rings is 1. The second-order valence-corrected chi connectivity index (χ2v) is 6.71. The van der Waals surface area contributed by atoms with Crippen molar-refractivity contribution < 1.29 is 17.0 Å². The molecule has 0 N–H and O–H groups in total. The largest absolute Gasteiger partial charge is 1.00 e. The Hall–Kier alpha value is -0.560. The lowest BCUT2D eigenvalue weighted by molar-refractivity contribution is -0.697. The summed E-state index contributed by atoms with van der Waals surface area (Å²) in [5.74, 6) is 0. The van der Waals surface area contributed by atoms with Crippen LogP contribution in [0.25, 0.3) is 0 Å². The van der Waals surface area contributed by atoms with Gasteiger partial charge in [-0.25, -0.2) is 4.57 Å². The summed E-state index contributed by atoms with van der Waals surface area (Å²) < 4.78 is 2.29. The van der Waals surface area contributed by atoms with Crippen LogP contribution >= 0.6 is 0 Å². The fraction of sp³-hybridized carbons (Fsp3) is 0.727. The maximum Gasteiger partial charge on any atom is 0.168 e. The monoisotopic (exact) mass is 352 g/mol. The van der Waals surface area contributed by atoms with Gasteiger partial charge >= 0.3 is 0 Å². The SMILES string of the molecule is CCCCCCCCCCCCCCCC[n+]1ccccc1.[CH].[Cl-]. The van der Waals surface area contributed by atoms with Crippen LogP contribution in [-0.2, 0) is 6.54 Å². The van der Waals surface area contributed by atoms with Crippen LogP contribution in [0.5, 0.6) is 0 Å². The fourth-order valence-electron chi connectivity index (χ4n) is 3.07. The minimum atomic E-state index is 0. The van der Waals surface area contributed by atoms with Gasteiger partial charge < -0.3 is 12.4 Å². The molecular weight excluding hydrogens is 314 g/mol. The zero-order valence-corrected chi connectivity index (χ0v) is 16.7. The first-order valence-electron chi connectivity index (χ1n) is 9.87. The number of nitrogens with zero attached hydrogens (tertiary/aromatic N) is 1. The Labute approximate surface area is 158 Å². The Kier molecular flexibility index (Phi) is 21.9. The fourth-order valence-corrected chi connectivity index (χ4v) is 3.07. The van der Waals surface area contributed by atoms with Gasteiger partial charge in [0.2, 0.25) is 0 Å². The molecule has 0 saturated heterocycles. The van der Waals surface area contributed by atoms with Gasteiger partial charge in [0.05, 0.1) is 0 Å². The summed E-state index contributed by atoms with van der Waals surface area (Å²) in [5, 5.41) is 0. The molecule has 0 fully saturated rings. The molecule has 1 aromatic rings. The molecule has 0 aromatic carbocycles. The van der Waals surface area contributed by atoms with E-state index < -0.39 is 0 Å². The number of unbranched alkanes of at least 4 members (excludes halogenated alkanes) is 13. The summed E-state index contributed by atoms with van der Waals surface area (Å²) in [6.07, 6.45) is 24.4. The van der Waals surface area contributed by atoms with Gasteiger partial charge in [-0.2, -0.15) is 0 Å². The van der Waals surface area contributed by atoms with Crippen molar-refractivity contribution in [2.24, 2.45) is 0 Å². The summed E-state index contributed by atoms with van der Waals surface area (Å²) in [7, 11) is 0. The Bertz CT molecular complexity index is 326. The van der Waals surface area contributed by atoms with Crippen molar-refractivity contribution in [1.29, 1.82) is 0 Å². The number of hydrogen-bond donors (Lipinski definition) is 0. The minimum Gasteiger partial charge on any atom is -1.00 e. The molecule has 0 aliphatic rings. The third-order valence-electron chi connectivity index (χ3n) is 4.55. The summed E-state index contributed by atoms with van der Waals surface area (Å²) >= 11 is 0. The van der Waals surface area contributed by atoms with E-state index in [0.717, 1.165) is 0 Å². The van der Waals surface area contributed by atoms with Crippen LogP contribution in [0.3, 0.4) is 0 Å². The van der Waals surface area contributed by atoms with Crippen LogP contribution in [0.4, 0.5) is 0 Å². The van der Waals surface area contributed by atoms with E-state index in [2.05, 4.69) is 42.1 Å². The molecule has 0 amide bonds. The lowest BCUT2D eigenvalue weighted by atomic mass is 10.0. The Morgan fingerprint density at radius 1 is 0.542 bits per heavy atom. The molecule has 1 nitrogen and oxygen atoms in total. The first kappa shape index (κ1) is 25.7. The van der Waals surface area contributed by atoms with Gasteiger partial charge in [0.25, 0.3) is 0 Å². The molecule has 1 aromatic heterocycles. The number of rotatable bonds is 15. The Morgan fingerprint density at radius 3 is 1.33 bits per heavy atom. The number of aryl methyl sites for hydroxylation is 1. The van der Waals surface area contributed by atoms with E-state index in [1.165, 1.54) is 96.4 Å². The quantitative estimate of drug-likeness (QED) is 0.335. The van der Waals surface area contributed by atoms with Gasteiger partial charge in [-0.05, 0) is 13.8 Å². The molecule has 1 rings (SSSR count). The zero-order valence-electron chi connectivity index (χ0n) is 15.9. The number of hydrogen-bond acceptors (Lipinski definition) is 0. The van der Waals surface area contributed by atoms with E-state index in [1.807, 2.05) is 0 Å². The first-order chi connectivity index (χ1) is 10.9. The summed E-state index contributed by atoms with van der Waals surface area (Å²) in [6, 6.07) is 6.31. The van der Waals surface area contributed by atoms with Crippen molar-refractivity contribution in [2.45, 2.75) is 103 Å². The molecule has 139 valence electrons. The minimum absolute atomic E-state index is 0. The first-order valence-corrected chi connectivity index (χ1v) is 9.87. The lowest BCUT2D eigenvalue weighted by Gasteiger charge is -2.02. The van der Waals surface area contributed by atoms with E-state index in [4.69, 9.17) is 0 Å². The molecule has 1 heterocycles. The molecule has 0 aliphatic heterocycles. The Morgan fingerprint density at radius 2 is 0.917 bits per heavy atom. The van der Waals surface area contributed by atoms with Gasteiger partial charge in [-0.3, -0.25) is 0 Å². The van der Waals surface area contributed by atoms with Crippen LogP contribution in [0.15, 0.2) is 30.6 Å². The second kappa shape index (κ2) is 20.5. The molecule has 24 heavy (non-hydrogen) atoms. The maximum absolute atomic E-state index is 2.29. The van der Waals surface area contributed by atoms with Crippen LogP contribution in [0.1, 0.15) is 96.8 Å². The van der Waals surface area contributed by atoms with E-state index in [-0.39, 0.29) is 19.8 Å². The van der Waals surface area contributed by atoms with E-state index >= 15 is 0 Å². The molecule has 0 unspecified atom stereocenters. The Balaban J connectivity index is 0. The smallest absolute Gasteiger partial charge is 0.168 e. The lowest BCUT2D eigenvalue weighted by Crippen LogP contribution is -3.00. The van der Waals surface area contributed by atoms with Gasteiger partial charge in [-0.1, -0.05) is 90.0 Å². The van der Waals surface area contributed by atoms with Crippen LogP contribution in [0.2, 0.25) is 0 Å². The van der Waals surface area contributed by atoms with E-state index in [9.17, 15) is 0 Å². The predicted octanol–water partition coefficient (Wildman–Crippen LogP) is 3.66. The standard InChI is InChI=1S/C21H38N.CH.ClH/c1-2-3-4-5-6-7-8-9-10-11-12-13-14-16-19-22-20-17-15-18-21-22;;/h15,17-18,20-21H,2-14,16,19H2,1H3;2*1H/q+1;;/p-1. The predicted molar refractivity (Wildman–Crippen MR) is 101 cm³/mol. The molecule has 0 saturated carbocycles. The summed E-state index contributed by atoms with van der Waals surface area (Å²) in [5.41, 5.74) is 0. The topological polar surface area (TPSA) is 3.88 Å². The highest BCUT2D eigenvalue weighted by atomic mass is 35.5. The van der Waals surface area contributed by atoms with Crippen molar-refractivity contribution >= 4 is 0 Å². The third-order valence-corrected chi connectivity index (χ3v) is 4.55. The van der Waals surface area contributed by atoms with Crippen molar-refractivity contribution in [1.82, 2.24) is 0 Å².